The van der Waals surface area contributed by atoms with Crippen LogP contribution >= 0.6 is 27.7 Å². The fourth-order valence-electron chi connectivity index (χ4n) is 1.14. The maximum atomic E-state index is 13.2. The second-order valence-electron chi connectivity index (χ2n) is 3.07. The number of nitrogen functional groups attached to an aromatic ring is 1. The Balaban J connectivity index is 2.27. The van der Waals surface area contributed by atoms with E-state index in [1.807, 2.05) is 12.1 Å². The standard InChI is InChI=1S/C11H8BrFN2S/c12-7-4-5-10(15-6-7)16-9-3-1-2-8(13)11(9)14/h1-6H,14H2. The number of halogens is 2. The number of hydrogen-bond donors (Lipinski definition) is 1. The van der Waals surface area contributed by atoms with Gasteiger partial charge in [-0.3, -0.25) is 0 Å². The van der Waals surface area contributed by atoms with Crippen LogP contribution in [0.15, 0.2) is 50.9 Å². The average Bonchev–Trinajstić information content (AvgIpc) is 2.28. The topological polar surface area (TPSA) is 38.9 Å². The summed E-state index contributed by atoms with van der Waals surface area (Å²) in [4.78, 5) is 4.86. The van der Waals surface area contributed by atoms with Crippen LogP contribution in [0.4, 0.5) is 10.1 Å². The molecule has 1 aromatic carbocycles. The minimum absolute atomic E-state index is 0.164. The summed E-state index contributed by atoms with van der Waals surface area (Å²) >= 11 is 4.64. The molecule has 0 unspecified atom stereocenters. The van der Waals surface area contributed by atoms with Gasteiger partial charge >= 0.3 is 0 Å². The van der Waals surface area contributed by atoms with E-state index in [1.165, 1.54) is 17.8 Å². The molecular formula is C11H8BrFN2S. The van der Waals surface area contributed by atoms with Crippen LogP contribution in [-0.2, 0) is 0 Å². The van der Waals surface area contributed by atoms with E-state index in [0.29, 0.717) is 4.90 Å². The lowest BCUT2D eigenvalue weighted by atomic mass is 10.3. The summed E-state index contributed by atoms with van der Waals surface area (Å²) in [6.07, 6.45) is 1.69. The van der Waals surface area contributed by atoms with Crippen LogP contribution in [0.2, 0.25) is 0 Å². The molecule has 5 heteroatoms. The summed E-state index contributed by atoms with van der Waals surface area (Å²) in [6.45, 7) is 0. The molecule has 0 aliphatic heterocycles. The van der Waals surface area contributed by atoms with E-state index in [0.717, 1.165) is 9.50 Å². The zero-order valence-corrected chi connectivity index (χ0v) is 10.6. The van der Waals surface area contributed by atoms with Gasteiger partial charge < -0.3 is 5.73 Å². The lowest BCUT2D eigenvalue weighted by Gasteiger charge is -2.05. The molecule has 0 bridgehead atoms. The van der Waals surface area contributed by atoms with Crippen LogP contribution in [0, 0.1) is 5.82 Å². The highest BCUT2D eigenvalue weighted by Crippen LogP contribution is 2.32. The van der Waals surface area contributed by atoms with Gasteiger partial charge in [0.1, 0.15) is 10.8 Å². The zero-order valence-electron chi connectivity index (χ0n) is 8.15. The molecule has 0 saturated heterocycles. The second kappa shape index (κ2) is 4.84. The molecule has 82 valence electrons. The van der Waals surface area contributed by atoms with E-state index in [4.69, 9.17) is 5.73 Å². The van der Waals surface area contributed by atoms with Crippen LogP contribution in [-0.4, -0.2) is 4.98 Å². The predicted octanol–water partition coefficient (Wildman–Crippen LogP) is 3.72. The van der Waals surface area contributed by atoms with Gasteiger partial charge in [-0.2, -0.15) is 0 Å². The van der Waals surface area contributed by atoms with Gasteiger partial charge in [-0.25, -0.2) is 9.37 Å². The van der Waals surface area contributed by atoms with Gasteiger partial charge in [0.15, 0.2) is 0 Å². The van der Waals surface area contributed by atoms with Crippen molar-refractivity contribution in [2.24, 2.45) is 0 Å². The van der Waals surface area contributed by atoms with Crippen LogP contribution in [0.25, 0.3) is 0 Å². The molecule has 0 saturated carbocycles. The lowest BCUT2D eigenvalue weighted by Crippen LogP contribution is -1.93. The Morgan fingerprint density at radius 3 is 2.75 bits per heavy atom. The first-order valence-electron chi connectivity index (χ1n) is 4.50. The van der Waals surface area contributed by atoms with Crippen LogP contribution in [0.1, 0.15) is 0 Å². The third kappa shape index (κ3) is 2.54. The molecule has 2 aromatic rings. The van der Waals surface area contributed by atoms with Crippen molar-refractivity contribution < 1.29 is 4.39 Å². The Morgan fingerprint density at radius 2 is 2.06 bits per heavy atom. The summed E-state index contributed by atoms with van der Waals surface area (Å²) in [5.74, 6) is -0.401. The third-order valence-electron chi connectivity index (χ3n) is 1.93. The zero-order chi connectivity index (χ0) is 11.5. The molecule has 0 aliphatic rings. The molecule has 0 atom stereocenters. The fourth-order valence-corrected chi connectivity index (χ4v) is 2.20. The number of benzene rings is 1. The van der Waals surface area contributed by atoms with Crippen LogP contribution in [0.3, 0.4) is 0 Å². The average molecular weight is 299 g/mol. The molecule has 1 aromatic heterocycles. The second-order valence-corrected chi connectivity index (χ2v) is 5.05. The number of rotatable bonds is 2. The minimum atomic E-state index is -0.401. The molecule has 0 aliphatic carbocycles. The Bertz CT molecular complexity index is 502. The van der Waals surface area contributed by atoms with Gasteiger partial charge in [0.05, 0.1) is 5.69 Å². The summed E-state index contributed by atoms with van der Waals surface area (Å²) in [5, 5.41) is 0.778. The maximum Gasteiger partial charge on any atom is 0.147 e. The van der Waals surface area contributed by atoms with E-state index in [-0.39, 0.29) is 5.69 Å². The van der Waals surface area contributed by atoms with Crippen molar-refractivity contribution in [3.63, 3.8) is 0 Å². The molecule has 0 amide bonds. The number of pyridine rings is 1. The summed E-state index contributed by atoms with van der Waals surface area (Å²) in [7, 11) is 0. The number of hydrogen-bond acceptors (Lipinski definition) is 3. The first-order chi connectivity index (χ1) is 7.66. The lowest BCUT2D eigenvalue weighted by molar-refractivity contribution is 0.629. The highest BCUT2D eigenvalue weighted by Gasteiger charge is 2.06. The fraction of sp³-hybridized carbons (Fsp3) is 0. The highest BCUT2D eigenvalue weighted by atomic mass is 79.9. The van der Waals surface area contributed by atoms with Gasteiger partial charge in [0.2, 0.25) is 0 Å². The van der Waals surface area contributed by atoms with Crippen molar-refractivity contribution >= 4 is 33.4 Å². The molecular weight excluding hydrogens is 291 g/mol. The first kappa shape index (κ1) is 11.4. The minimum Gasteiger partial charge on any atom is -0.395 e. The van der Waals surface area contributed by atoms with E-state index >= 15 is 0 Å². The van der Waals surface area contributed by atoms with Crippen molar-refractivity contribution in [2.45, 2.75) is 9.92 Å². The highest BCUT2D eigenvalue weighted by molar-refractivity contribution is 9.10. The smallest absolute Gasteiger partial charge is 0.147 e. The van der Waals surface area contributed by atoms with Crippen molar-refractivity contribution in [1.82, 2.24) is 4.98 Å². The van der Waals surface area contributed by atoms with Crippen molar-refractivity contribution in [3.8, 4) is 0 Å². The molecule has 2 rings (SSSR count). The van der Waals surface area contributed by atoms with Crippen LogP contribution in [0.5, 0.6) is 0 Å². The van der Waals surface area contributed by atoms with Crippen LogP contribution < -0.4 is 5.73 Å². The maximum absolute atomic E-state index is 13.2. The number of nitrogens with two attached hydrogens (primary N) is 1. The Kier molecular flexibility index (Phi) is 3.46. The molecule has 0 radical (unpaired) electrons. The van der Waals surface area contributed by atoms with Crippen molar-refractivity contribution in [2.75, 3.05) is 5.73 Å². The monoisotopic (exact) mass is 298 g/mol. The molecule has 2 N–H and O–H groups in total. The van der Waals surface area contributed by atoms with Crippen molar-refractivity contribution in [1.29, 1.82) is 0 Å². The van der Waals surface area contributed by atoms with Gasteiger partial charge in [0.25, 0.3) is 0 Å². The van der Waals surface area contributed by atoms with Gasteiger partial charge in [0, 0.05) is 15.6 Å². The number of para-hydroxylation sites is 1. The van der Waals surface area contributed by atoms with E-state index in [2.05, 4.69) is 20.9 Å². The molecule has 1 heterocycles. The number of nitrogens with zero attached hydrogens (tertiary/aromatic N) is 1. The Hall–Kier alpha value is -1.07. The molecule has 16 heavy (non-hydrogen) atoms. The molecule has 0 fully saturated rings. The molecule has 2 nitrogen and oxygen atoms in total. The SMILES string of the molecule is Nc1c(F)cccc1Sc1ccc(Br)cn1. The Labute approximate surface area is 105 Å². The largest absolute Gasteiger partial charge is 0.395 e. The van der Waals surface area contributed by atoms with Gasteiger partial charge in [-0.05, 0) is 40.2 Å². The summed E-state index contributed by atoms with van der Waals surface area (Å²) in [6, 6.07) is 8.47. The van der Waals surface area contributed by atoms with Gasteiger partial charge in [-0.1, -0.05) is 17.8 Å². The first-order valence-corrected chi connectivity index (χ1v) is 6.11. The predicted molar refractivity (Wildman–Crippen MR) is 66.9 cm³/mol. The van der Waals surface area contributed by atoms with E-state index in [1.54, 1.807) is 18.3 Å². The van der Waals surface area contributed by atoms with Crippen molar-refractivity contribution in [3.05, 3.63) is 46.8 Å². The number of anilines is 1. The van der Waals surface area contributed by atoms with E-state index < -0.39 is 5.82 Å². The van der Waals surface area contributed by atoms with E-state index in [9.17, 15) is 4.39 Å². The third-order valence-corrected chi connectivity index (χ3v) is 3.42. The quantitative estimate of drug-likeness (QED) is 0.859. The van der Waals surface area contributed by atoms with Gasteiger partial charge in [-0.15, -0.1) is 0 Å². The summed E-state index contributed by atoms with van der Waals surface area (Å²) < 4.78 is 14.1. The molecule has 0 spiro atoms. The Morgan fingerprint density at radius 1 is 1.25 bits per heavy atom. The number of aromatic nitrogens is 1. The normalized spacial score (nSPS) is 10.4. The summed E-state index contributed by atoms with van der Waals surface area (Å²) in [5.41, 5.74) is 5.79.